The van der Waals surface area contributed by atoms with Crippen molar-refractivity contribution < 1.29 is 0 Å². The van der Waals surface area contributed by atoms with E-state index < -0.39 is 0 Å². The lowest BCUT2D eigenvalue weighted by molar-refractivity contribution is 1.15. The smallest absolute Gasteiger partial charge is 0.0353 e. The molecule has 0 aromatic rings. The molecule has 0 amide bonds. The zero-order chi connectivity index (χ0) is 6.83. The molecule has 0 unspecified atom stereocenters. The predicted molar refractivity (Wildman–Crippen MR) is 40.2 cm³/mol. The van der Waals surface area contributed by atoms with E-state index in [0.29, 0.717) is 0 Å². The first kappa shape index (κ1) is 10.3. The fourth-order valence-corrected chi connectivity index (χ4v) is 0. The summed E-state index contributed by atoms with van der Waals surface area (Å²) in [5.74, 6) is 0. The van der Waals surface area contributed by atoms with Gasteiger partial charge in [-0.15, -0.1) is 0 Å². The summed E-state index contributed by atoms with van der Waals surface area (Å²) in [7, 11) is 0. The van der Waals surface area contributed by atoms with Crippen molar-refractivity contribution in [2.75, 3.05) is 13.1 Å². The Bertz CT molecular complexity index is 42.5. The molecule has 0 saturated heterocycles. The molecule has 2 nitrogen and oxygen atoms in total. The number of hydrogen-bond acceptors (Lipinski definition) is 2. The van der Waals surface area contributed by atoms with E-state index in [-0.39, 0.29) is 0 Å². The Kier molecular flexibility index (Phi) is 21.0. The molecule has 8 heavy (non-hydrogen) atoms. The van der Waals surface area contributed by atoms with E-state index in [2.05, 4.69) is 23.4 Å². The van der Waals surface area contributed by atoms with E-state index in [1.165, 1.54) is 0 Å². The van der Waals surface area contributed by atoms with Gasteiger partial charge in [-0.3, -0.25) is 0 Å². The second kappa shape index (κ2) is 16.2. The SMILES string of the molecule is C=NCC.C=NCC. The van der Waals surface area contributed by atoms with E-state index in [0.717, 1.165) is 13.1 Å². The highest BCUT2D eigenvalue weighted by molar-refractivity contribution is 5.23. The molecule has 0 aromatic heterocycles. The Hall–Kier alpha value is -0.660. The van der Waals surface area contributed by atoms with Crippen LogP contribution < -0.4 is 0 Å². The molecule has 0 aliphatic rings. The number of hydrogen-bond donors (Lipinski definition) is 0. The van der Waals surface area contributed by atoms with E-state index in [4.69, 9.17) is 0 Å². The van der Waals surface area contributed by atoms with Crippen LogP contribution in [0.15, 0.2) is 9.98 Å². The fourth-order valence-electron chi connectivity index (χ4n) is 0. The summed E-state index contributed by atoms with van der Waals surface area (Å²) in [6.45, 7) is 12.0. The molecule has 0 spiro atoms. The van der Waals surface area contributed by atoms with E-state index in [1.807, 2.05) is 13.8 Å². The lowest BCUT2D eigenvalue weighted by Gasteiger charge is -1.61. The molecule has 0 fully saturated rings. The molecular formula is C6H14N2. The molecule has 2 heteroatoms. The molecule has 0 heterocycles. The number of rotatable bonds is 2. The zero-order valence-corrected chi connectivity index (χ0v) is 5.72. The summed E-state index contributed by atoms with van der Waals surface area (Å²) in [6.07, 6.45) is 0. The van der Waals surface area contributed by atoms with Crippen molar-refractivity contribution in [1.82, 2.24) is 0 Å². The Balaban J connectivity index is 0. The molecule has 0 radical (unpaired) electrons. The molecule has 48 valence electrons. The molecule has 0 bridgehead atoms. The molecule has 0 saturated carbocycles. The van der Waals surface area contributed by atoms with Crippen LogP contribution >= 0.6 is 0 Å². The van der Waals surface area contributed by atoms with Gasteiger partial charge in [0.1, 0.15) is 0 Å². The average molecular weight is 114 g/mol. The van der Waals surface area contributed by atoms with Gasteiger partial charge in [-0.1, -0.05) is 0 Å². The van der Waals surface area contributed by atoms with Crippen LogP contribution in [0.3, 0.4) is 0 Å². The summed E-state index contributed by atoms with van der Waals surface area (Å²) < 4.78 is 0. The van der Waals surface area contributed by atoms with Gasteiger partial charge in [-0.2, -0.15) is 0 Å². The minimum atomic E-state index is 0.833. The van der Waals surface area contributed by atoms with Crippen molar-refractivity contribution in [3.63, 3.8) is 0 Å². The molecule has 0 atom stereocenters. The highest BCUT2D eigenvalue weighted by Crippen LogP contribution is 1.50. The van der Waals surface area contributed by atoms with Gasteiger partial charge in [0.2, 0.25) is 0 Å². The molecule has 0 aromatic carbocycles. The first-order valence-corrected chi connectivity index (χ1v) is 2.68. The lowest BCUT2D eigenvalue weighted by Crippen LogP contribution is -1.54. The maximum Gasteiger partial charge on any atom is 0.0353 e. The molecule has 0 aliphatic heterocycles. The molecule has 0 N–H and O–H groups in total. The van der Waals surface area contributed by atoms with E-state index in [1.54, 1.807) is 0 Å². The van der Waals surface area contributed by atoms with Crippen LogP contribution in [0, 0.1) is 0 Å². The third-order valence-electron chi connectivity index (χ3n) is 0.447. The number of aliphatic imine (C=N–C) groups is 2. The first-order valence-electron chi connectivity index (χ1n) is 2.68. The van der Waals surface area contributed by atoms with Gasteiger partial charge in [0.15, 0.2) is 0 Å². The van der Waals surface area contributed by atoms with Crippen LogP contribution in [0.2, 0.25) is 0 Å². The quantitative estimate of drug-likeness (QED) is 0.485. The summed E-state index contributed by atoms with van der Waals surface area (Å²) in [4.78, 5) is 6.97. The van der Waals surface area contributed by atoms with E-state index >= 15 is 0 Å². The topological polar surface area (TPSA) is 24.7 Å². The molecule has 0 aliphatic carbocycles. The first-order chi connectivity index (χ1) is 3.83. The van der Waals surface area contributed by atoms with Crippen molar-refractivity contribution in [2.45, 2.75) is 13.8 Å². The summed E-state index contributed by atoms with van der Waals surface area (Å²) in [5.41, 5.74) is 0. The highest BCUT2D eigenvalue weighted by atomic mass is 14.6. The van der Waals surface area contributed by atoms with Crippen molar-refractivity contribution >= 4 is 13.4 Å². The highest BCUT2D eigenvalue weighted by Gasteiger charge is 1.44. The normalized spacial score (nSPS) is 6.25. The average Bonchev–Trinajstić information content (AvgIpc) is 1.88. The molecule has 0 rings (SSSR count). The van der Waals surface area contributed by atoms with Gasteiger partial charge in [-0.05, 0) is 27.3 Å². The zero-order valence-electron chi connectivity index (χ0n) is 5.72. The van der Waals surface area contributed by atoms with Gasteiger partial charge in [0, 0.05) is 13.1 Å². The summed E-state index contributed by atoms with van der Waals surface area (Å²) >= 11 is 0. The minimum Gasteiger partial charge on any atom is -0.301 e. The lowest BCUT2D eigenvalue weighted by atomic mass is 10.8. The monoisotopic (exact) mass is 114 g/mol. The van der Waals surface area contributed by atoms with Gasteiger partial charge in [0.25, 0.3) is 0 Å². The maximum absolute atomic E-state index is 3.49. The Morgan fingerprint density at radius 1 is 1.00 bits per heavy atom. The second-order valence-corrected chi connectivity index (χ2v) is 1.08. The largest absolute Gasteiger partial charge is 0.301 e. The Labute approximate surface area is 51.4 Å². The van der Waals surface area contributed by atoms with Crippen LogP contribution in [0.5, 0.6) is 0 Å². The Morgan fingerprint density at radius 3 is 1.12 bits per heavy atom. The van der Waals surface area contributed by atoms with Crippen molar-refractivity contribution in [3.05, 3.63) is 0 Å². The standard InChI is InChI=1S/2C3H7N/c2*1-3-4-2/h2*2-3H2,1H3. The summed E-state index contributed by atoms with van der Waals surface area (Å²) in [5, 5.41) is 0. The third kappa shape index (κ3) is 56.0. The van der Waals surface area contributed by atoms with Gasteiger partial charge in [0.05, 0.1) is 0 Å². The van der Waals surface area contributed by atoms with Crippen LogP contribution in [-0.2, 0) is 0 Å². The minimum absolute atomic E-state index is 0.833. The number of nitrogens with zero attached hydrogens (tertiary/aromatic N) is 2. The Morgan fingerprint density at radius 2 is 1.12 bits per heavy atom. The van der Waals surface area contributed by atoms with Crippen LogP contribution in [-0.4, -0.2) is 26.5 Å². The van der Waals surface area contributed by atoms with Gasteiger partial charge < -0.3 is 9.98 Å². The van der Waals surface area contributed by atoms with Crippen LogP contribution in [0.4, 0.5) is 0 Å². The maximum atomic E-state index is 3.49. The van der Waals surface area contributed by atoms with Crippen LogP contribution in [0.25, 0.3) is 0 Å². The summed E-state index contributed by atoms with van der Waals surface area (Å²) in [6, 6.07) is 0. The van der Waals surface area contributed by atoms with Crippen molar-refractivity contribution in [1.29, 1.82) is 0 Å². The van der Waals surface area contributed by atoms with Crippen LogP contribution in [0.1, 0.15) is 13.8 Å². The third-order valence-corrected chi connectivity index (χ3v) is 0.447. The van der Waals surface area contributed by atoms with Crippen molar-refractivity contribution in [2.24, 2.45) is 9.98 Å². The van der Waals surface area contributed by atoms with Crippen molar-refractivity contribution in [3.8, 4) is 0 Å². The van der Waals surface area contributed by atoms with Gasteiger partial charge in [-0.25, -0.2) is 0 Å². The predicted octanol–water partition coefficient (Wildman–Crippen LogP) is 1.41. The van der Waals surface area contributed by atoms with Gasteiger partial charge >= 0.3 is 0 Å². The van der Waals surface area contributed by atoms with E-state index in [9.17, 15) is 0 Å². The molecular weight excluding hydrogens is 100 g/mol. The fraction of sp³-hybridized carbons (Fsp3) is 0.667. The second-order valence-electron chi connectivity index (χ2n) is 1.08.